The van der Waals surface area contributed by atoms with Gasteiger partial charge in [-0.25, -0.2) is 0 Å². The number of halogens is 1. The molecule has 1 amide bonds. The van der Waals surface area contributed by atoms with Gasteiger partial charge in [-0.2, -0.15) is 0 Å². The molecule has 0 radical (unpaired) electrons. The summed E-state index contributed by atoms with van der Waals surface area (Å²) in [4.78, 5) is 12.8. The summed E-state index contributed by atoms with van der Waals surface area (Å²) in [5.41, 5.74) is 8.81. The van der Waals surface area contributed by atoms with Crippen molar-refractivity contribution in [2.24, 2.45) is 23.5 Å². The first-order valence-corrected chi connectivity index (χ1v) is 9.21. The number of amides is 1. The molecule has 0 aliphatic heterocycles. The van der Waals surface area contributed by atoms with Crippen LogP contribution in [0.1, 0.15) is 62.6 Å². The molecule has 0 spiro atoms. The SMILES string of the molecule is CCC(NC(=O)C1CC2CCCC(C1)C2N)c1ccc(C)cc1.Cl. The highest BCUT2D eigenvalue weighted by molar-refractivity contribution is 5.85. The minimum Gasteiger partial charge on any atom is -0.349 e. The number of nitrogens with two attached hydrogens (primary N) is 1. The average molecular weight is 351 g/mol. The number of hydrogen-bond donors (Lipinski definition) is 2. The van der Waals surface area contributed by atoms with E-state index in [-0.39, 0.29) is 30.3 Å². The Hall–Kier alpha value is -1.06. The molecule has 0 heterocycles. The number of benzene rings is 1. The maximum absolute atomic E-state index is 12.8. The fourth-order valence-electron chi connectivity index (χ4n) is 4.51. The van der Waals surface area contributed by atoms with Crippen LogP contribution in [-0.4, -0.2) is 11.9 Å². The second kappa shape index (κ2) is 8.35. The number of fused-ring (bicyclic) bond motifs is 2. The maximum atomic E-state index is 12.8. The van der Waals surface area contributed by atoms with Gasteiger partial charge in [0.2, 0.25) is 5.91 Å². The summed E-state index contributed by atoms with van der Waals surface area (Å²) in [6.45, 7) is 4.23. The Morgan fingerprint density at radius 2 is 1.79 bits per heavy atom. The Kier molecular flexibility index (Phi) is 6.70. The van der Waals surface area contributed by atoms with Crippen LogP contribution in [0.2, 0.25) is 0 Å². The highest BCUT2D eigenvalue weighted by Crippen LogP contribution is 2.42. The number of aryl methyl sites for hydroxylation is 1. The molecule has 4 heteroatoms. The lowest BCUT2D eigenvalue weighted by Crippen LogP contribution is -2.49. The first-order valence-electron chi connectivity index (χ1n) is 9.21. The van der Waals surface area contributed by atoms with Crippen molar-refractivity contribution < 1.29 is 4.79 Å². The van der Waals surface area contributed by atoms with E-state index in [4.69, 9.17) is 5.73 Å². The van der Waals surface area contributed by atoms with Crippen LogP contribution >= 0.6 is 12.4 Å². The average Bonchev–Trinajstić information content (AvgIpc) is 2.53. The lowest BCUT2D eigenvalue weighted by Gasteiger charge is -2.43. The Labute approximate surface area is 152 Å². The maximum Gasteiger partial charge on any atom is 0.223 e. The normalized spacial score (nSPS) is 30.1. The molecule has 2 aliphatic carbocycles. The number of carbonyl (C=O) groups is 1. The molecule has 3 N–H and O–H groups in total. The van der Waals surface area contributed by atoms with E-state index in [0.717, 1.165) is 19.3 Å². The van der Waals surface area contributed by atoms with Gasteiger partial charge in [0, 0.05) is 12.0 Å². The van der Waals surface area contributed by atoms with Gasteiger partial charge in [-0.1, -0.05) is 43.2 Å². The van der Waals surface area contributed by atoms with Crippen LogP contribution in [0.5, 0.6) is 0 Å². The van der Waals surface area contributed by atoms with E-state index in [9.17, 15) is 4.79 Å². The fourth-order valence-corrected chi connectivity index (χ4v) is 4.51. The first-order chi connectivity index (χ1) is 11.1. The van der Waals surface area contributed by atoms with E-state index in [2.05, 4.69) is 43.4 Å². The predicted octanol–water partition coefficient (Wildman–Crippen LogP) is 4.14. The third kappa shape index (κ3) is 4.12. The van der Waals surface area contributed by atoms with Gasteiger partial charge in [0.05, 0.1) is 6.04 Å². The zero-order valence-electron chi connectivity index (χ0n) is 14.8. The van der Waals surface area contributed by atoms with Gasteiger partial charge in [-0.3, -0.25) is 4.79 Å². The van der Waals surface area contributed by atoms with E-state index in [1.54, 1.807) is 0 Å². The Morgan fingerprint density at radius 3 is 2.33 bits per heavy atom. The van der Waals surface area contributed by atoms with Gasteiger partial charge in [-0.05, 0) is 56.4 Å². The van der Waals surface area contributed by atoms with E-state index in [1.165, 1.54) is 30.4 Å². The van der Waals surface area contributed by atoms with Crippen molar-refractivity contribution in [1.29, 1.82) is 0 Å². The van der Waals surface area contributed by atoms with Gasteiger partial charge >= 0.3 is 0 Å². The lowest BCUT2D eigenvalue weighted by molar-refractivity contribution is -0.128. The summed E-state index contributed by atoms with van der Waals surface area (Å²) in [7, 11) is 0. The van der Waals surface area contributed by atoms with E-state index < -0.39 is 0 Å². The molecule has 2 aliphatic rings. The molecule has 0 saturated heterocycles. The summed E-state index contributed by atoms with van der Waals surface area (Å²) in [5.74, 6) is 1.50. The van der Waals surface area contributed by atoms with Crippen LogP contribution < -0.4 is 11.1 Å². The van der Waals surface area contributed by atoms with Crippen molar-refractivity contribution >= 4 is 18.3 Å². The molecule has 1 aromatic carbocycles. The summed E-state index contributed by atoms with van der Waals surface area (Å²) >= 11 is 0. The van der Waals surface area contributed by atoms with Crippen molar-refractivity contribution in [1.82, 2.24) is 5.32 Å². The molecular weight excluding hydrogens is 320 g/mol. The molecule has 3 atom stereocenters. The molecule has 3 nitrogen and oxygen atoms in total. The van der Waals surface area contributed by atoms with E-state index in [1.807, 2.05) is 0 Å². The molecule has 2 bridgehead atoms. The van der Waals surface area contributed by atoms with Crippen LogP contribution in [0.4, 0.5) is 0 Å². The standard InChI is InChI=1S/C20H30N2O.ClH/c1-3-18(14-9-7-13(2)8-10-14)22-20(23)17-11-15-5-4-6-16(12-17)19(15)21;/h7-10,15-19H,3-6,11-12,21H2,1-2H3,(H,22,23);1H. The number of rotatable bonds is 4. The van der Waals surface area contributed by atoms with Crippen molar-refractivity contribution in [3.05, 3.63) is 35.4 Å². The minimum absolute atomic E-state index is 0. The highest BCUT2D eigenvalue weighted by atomic mass is 35.5. The van der Waals surface area contributed by atoms with Gasteiger partial charge in [0.1, 0.15) is 0 Å². The van der Waals surface area contributed by atoms with Crippen molar-refractivity contribution in [2.45, 2.75) is 64.5 Å². The molecule has 0 aromatic heterocycles. The molecule has 3 unspecified atom stereocenters. The molecule has 134 valence electrons. The number of hydrogen-bond acceptors (Lipinski definition) is 2. The Balaban J connectivity index is 0.00000208. The van der Waals surface area contributed by atoms with E-state index in [0.29, 0.717) is 17.9 Å². The number of nitrogens with one attached hydrogen (secondary N) is 1. The molecule has 2 saturated carbocycles. The third-order valence-electron chi connectivity index (χ3n) is 5.99. The molecular formula is C20H31ClN2O. The fraction of sp³-hybridized carbons (Fsp3) is 0.650. The van der Waals surface area contributed by atoms with Crippen molar-refractivity contribution in [2.75, 3.05) is 0 Å². The molecule has 3 rings (SSSR count). The van der Waals surface area contributed by atoms with Crippen LogP contribution in [0, 0.1) is 24.7 Å². The van der Waals surface area contributed by atoms with Gasteiger partial charge < -0.3 is 11.1 Å². The molecule has 2 fully saturated rings. The molecule has 1 aromatic rings. The van der Waals surface area contributed by atoms with Gasteiger partial charge in [0.25, 0.3) is 0 Å². The smallest absolute Gasteiger partial charge is 0.223 e. The van der Waals surface area contributed by atoms with E-state index >= 15 is 0 Å². The van der Waals surface area contributed by atoms with Crippen LogP contribution in [0.25, 0.3) is 0 Å². The Bertz CT molecular complexity index is 531. The first kappa shape index (κ1) is 19.3. The van der Waals surface area contributed by atoms with Crippen molar-refractivity contribution in [3.63, 3.8) is 0 Å². The largest absolute Gasteiger partial charge is 0.349 e. The second-order valence-electron chi connectivity index (χ2n) is 7.58. The van der Waals surface area contributed by atoms with Gasteiger partial charge in [-0.15, -0.1) is 12.4 Å². The lowest BCUT2D eigenvalue weighted by atomic mass is 9.65. The summed E-state index contributed by atoms with van der Waals surface area (Å²) in [6.07, 6.45) is 6.58. The third-order valence-corrected chi connectivity index (χ3v) is 5.99. The van der Waals surface area contributed by atoms with Crippen LogP contribution in [0.3, 0.4) is 0 Å². The molecule has 24 heavy (non-hydrogen) atoms. The topological polar surface area (TPSA) is 55.1 Å². The predicted molar refractivity (Wildman–Crippen MR) is 101 cm³/mol. The minimum atomic E-state index is 0. The zero-order valence-corrected chi connectivity index (χ0v) is 15.6. The quantitative estimate of drug-likeness (QED) is 0.857. The zero-order chi connectivity index (χ0) is 16.4. The summed E-state index contributed by atoms with van der Waals surface area (Å²) in [5, 5.41) is 3.30. The number of carbonyl (C=O) groups excluding carboxylic acids is 1. The highest BCUT2D eigenvalue weighted by Gasteiger charge is 2.40. The monoisotopic (exact) mass is 350 g/mol. The second-order valence-corrected chi connectivity index (χ2v) is 7.58. The Morgan fingerprint density at radius 1 is 1.21 bits per heavy atom. The van der Waals surface area contributed by atoms with Crippen LogP contribution in [-0.2, 0) is 4.79 Å². The summed E-state index contributed by atoms with van der Waals surface area (Å²) in [6, 6.07) is 8.96. The summed E-state index contributed by atoms with van der Waals surface area (Å²) < 4.78 is 0. The van der Waals surface area contributed by atoms with Crippen LogP contribution in [0.15, 0.2) is 24.3 Å². The van der Waals surface area contributed by atoms with Gasteiger partial charge in [0.15, 0.2) is 0 Å². The van der Waals surface area contributed by atoms with Crippen molar-refractivity contribution in [3.8, 4) is 0 Å².